The molecule has 1 aromatic heterocycles. The molecule has 1 heterocycles. The van der Waals surface area contributed by atoms with E-state index in [-0.39, 0.29) is 5.91 Å². The van der Waals surface area contributed by atoms with Gasteiger partial charge >= 0.3 is 0 Å². The number of carbonyl (C=O) groups is 1. The summed E-state index contributed by atoms with van der Waals surface area (Å²) in [5.74, 6) is 0.0568. The molecule has 1 rings (SSSR count). The number of aliphatic hydroxyl groups excluding tert-OH is 1. The van der Waals surface area contributed by atoms with E-state index in [0.29, 0.717) is 18.9 Å². The summed E-state index contributed by atoms with van der Waals surface area (Å²) in [4.78, 5) is 17.9. The summed E-state index contributed by atoms with van der Waals surface area (Å²) in [7, 11) is 1.70. The number of amides is 1. The molecule has 1 N–H and O–H groups in total. The third kappa shape index (κ3) is 4.99. The molecule has 0 fully saturated rings. The highest BCUT2D eigenvalue weighted by molar-refractivity contribution is 5.80. The van der Waals surface area contributed by atoms with Gasteiger partial charge in [-0.3, -0.25) is 9.78 Å². The van der Waals surface area contributed by atoms with Crippen LogP contribution in [-0.2, 0) is 11.3 Å². The Morgan fingerprint density at radius 3 is 2.53 bits per heavy atom. The largest absolute Gasteiger partial charge is 0.383 e. The van der Waals surface area contributed by atoms with Crippen LogP contribution in [0, 0.1) is 19.8 Å². The number of aryl methyl sites for hydroxylation is 2. The van der Waals surface area contributed by atoms with E-state index in [1.165, 1.54) is 4.90 Å². The van der Waals surface area contributed by atoms with Crippen molar-refractivity contribution in [2.45, 2.75) is 46.8 Å². The van der Waals surface area contributed by atoms with E-state index in [1.807, 2.05) is 39.8 Å². The molecule has 0 saturated heterocycles. The second-order valence-corrected chi connectivity index (χ2v) is 5.62. The molecule has 0 bridgehead atoms. The minimum absolute atomic E-state index is 0.241. The lowest BCUT2D eigenvalue weighted by atomic mass is 10.1. The van der Waals surface area contributed by atoms with Gasteiger partial charge in [0.25, 0.3) is 5.91 Å². The summed E-state index contributed by atoms with van der Waals surface area (Å²) in [6.45, 7) is 8.35. The lowest BCUT2D eigenvalue weighted by Gasteiger charge is -2.21. The SMILES string of the molecule is Cc1cc(C)nc(CN(C)C(=O)C(O)CC(C)C)c1. The number of pyridine rings is 1. The molecular weight excluding hydrogens is 240 g/mol. The van der Waals surface area contributed by atoms with Crippen LogP contribution in [-0.4, -0.2) is 34.0 Å². The van der Waals surface area contributed by atoms with E-state index in [0.717, 1.165) is 17.0 Å². The van der Waals surface area contributed by atoms with Crippen molar-refractivity contribution in [2.75, 3.05) is 7.05 Å². The molecule has 0 aliphatic carbocycles. The number of hydrogen-bond donors (Lipinski definition) is 1. The van der Waals surface area contributed by atoms with Crippen molar-refractivity contribution in [3.63, 3.8) is 0 Å². The van der Waals surface area contributed by atoms with Gasteiger partial charge < -0.3 is 10.0 Å². The zero-order chi connectivity index (χ0) is 14.6. The number of carbonyl (C=O) groups excluding carboxylic acids is 1. The maximum absolute atomic E-state index is 12.0. The molecule has 1 atom stereocenters. The fourth-order valence-electron chi connectivity index (χ4n) is 2.13. The maximum Gasteiger partial charge on any atom is 0.251 e. The zero-order valence-corrected chi connectivity index (χ0v) is 12.5. The highest BCUT2D eigenvalue weighted by Crippen LogP contribution is 2.10. The van der Waals surface area contributed by atoms with Gasteiger partial charge in [-0.25, -0.2) is 0 Å². The van der Waals surface area contributed by atoms with Gasteiger partial charge in [-0.05, 0) is 43.9 Å². The third-order valence-electron chi connectivity index (χ3n) is 2.91. The van der Waals surface area contributed by atoms with Crippen molar-refractivity contribution in [3.05, 3.63) is 29.1 Å². The van der Waals surface area contributed by atoms with Gasteiger partial charge in [-0.15, -0.1) is 0 Å². The summed E-state index contributed by atoms with van der Waals surface area (Å²) < 4.78 is 0. The van der Waals surface area contributed by atoms with Crippen molar-refractivity contribution in [2.24, 2.45) is 5.92 Å². The minimum atomic E-state index is -0.920. The predicted octanol–water partition coefficient (Wildman–Crippen LogP) is 2.06. The molecule has 0 spiro atoms. The van der Waals surface area contributed by atoms with E-state index in [4.69, 9.17) is 0 Å². The Hall–Kier alpha value is -1.42. The Morgan fingerprint density at radius 1 is 1.37 bits per heavy atom. The highest BCUT2D eigenvalue weighted by Gasteiger charge is 2.20. The van der Waals surface area contributed by atoms with Crippen LogP contribution in [0.15, 0.2) is 12.1 Å². The van der Waals surface area contributed by atoms with E-state index in [9.17, 15) is 9.90 Å². The van der Waals surface area contributed by atoms with Crippen molar-refractivity contribution in [1.82, 2.24) is 9.88 Å². The highest BCUT2D eigenvalue weighted by atomic mass is 16.3. The van der Waals surface area contributed by atoms with Gasteiger partial charge in [-0.1, -0.05) is 13.8 Å². The zero-order valence-electron chi connectivity index (χ0n) is 12.5. The Morgan fingerprint density at radius 2 is 2.00 bits per heavy atom. The summed E-state index contributed by atoms with van der Waals surface area (Å²) >= 11 is 0. The van der Waals surface area contributed by atoms with Crippen LogP contribution in [0.25, 0.3) is 0 Å². The number of hydrogen-bond acceptors (Lipinski definition) is 3. The molecule has 19 heavy (non-hydrogen) atoms. The standard InChI is InChI=1S/C15H24N2O2/c1-10(2)6-14(18)15(19)17(5)9-13-8-11(3)7-12(4)16-13/h7-8,10,14,18H,6,9H2,1-5H3. The Kier molecular flexibility index (Phi) is 5.48. The minimum Gasteiger partial charge on any atom is -0.383 e. The van der Waals surface area contributed by atoms with Gasteiger partial charge in [0.05, 0.1) is 12.2 Å². The fourth-order valence-corrected chi connectivity index (χ4v) is 2.13. The summed E-state index contributed by atoms with van der Waals surface area (Å²) in [6.07, 6.45) is -0.431. The molecule has 0 radical (unpaired) electrons. The van der Waals surface area contributed by atoms with Crippen LogP contribution in [0.3, 0.4) is 0 Å². The molecule has 1 amide bonds. The van der Waals surface area contributed by atoms with Crippen LogP contribution in [0.2, 0.25) is 0 Å². The molecule has 1 aromatic rings. The number of likely N-dealkylation sites (N-methyl/N-ethyl adjacent to an activating group) is 1. The van der Waals surface area contributed by atoms with Crippen molar-refractivity contribution in [3.8, 4) is 0 Å². The van der Waals surface area contributed by atoms with Crippen LogP contribution in [0.5, 0.6) is 0 Å². The predicted molar refractivity (Wildman–Crippen MR) is 75.6 cm³/mol. The quantitative estimate of drug-likeness (QED) is 0.885. The lowest BCUT2D eigenvalue weighted by molar-refractivity contribution is -0.140. The molecule has 4 nitrogen and oxygen atoms in total. The molecule has 0 aliphatic heterocycles. The van der Waals surface area contributed by atoms with Gasteiger partial charge in [0.1, 0.15) is 6.10 Å². The Balaban J connectivity index is 2.68. The average Bonchev–Trinajstić information content (AvgIpc) is 2.25. The molecule has 4 heteroatoms. The van der Waals surface area contributed by atoms with Crippen molar-refractivity contribution >= 4 is 5.91 Å². The van der Waals surface area contributed by atoms with E-state index < -0.39 is 6.10 Å². The summed E-state index contributed by atoms with van der Waals surface area (Å²) in [5, 5.41) is 9.83. The maximum atomic E-state index is 12.0. The first-order valence-electron chi connectivity index (χ1n) is 6.66. The van der Waals surface area contributed by atoms with Crippen LogP contribution >= 0.6 is 0 Å². The monoisotopic (exact) mass is 264 g/mol. The first kappa shape index (κ1) is 15.6. The Bertz CT molecular complexity index is 424. The molecule has 1 unspecified atom stereocenters. The number of rotatable bonds is 5. The second kappa shape index (κ2) is 6.66. The van der Waals surface area contributed by atoms with Gasteiger partial charge in [0, 0.05) is 12.7 Å². The van der Waals surface area contributed by atoms with Gasteiger partial charge in [0.15, 0.2) is 0 Å². The van der Waals surface area contributed by atoms with Crippen molar-refractivity contribution in [1.29, 1.82) is 0 Å². The molecule has 0 aromatic carbocycles. The van der Waals surface area contributed by atoms with Gasteiger partial charge in [0.2, 0.25) is 0 Å². The smallest absolute Gasteiger partial charge is 0.251 e. The molecule has 0 saturated carbocycles. The normalized spacial score (nSPS) is 12.6. The summed E-state index contributed by atoms with van der Waals surface area (Å²) in [6, 6.07) is 3.96. The van der Waals surface area contributed by atoms with Gasteiger partial charge in [-0.2, -0.15) is 0 Å². The number of aliphatic hydroxyl groups is 1. The first-order chi connectivity index (χ1) is 8.79. The van der Waals surface area contributed by atoms with Crippen LogP contribution in [0.1, 0.15) is 37.2 Å². The molecule has 0 aliphatic rings. The van der Waals surface area contributed by atoms with E-state index >= 15 is 0 Å². The second-order valence-electron chi connectivity index (χ2n) is 5.62. The fraction of sp³-hybridized carbons (Fsp3) is 0.600. The van der Waals surface area contributed by atoms with Crippen LogP contribution < -0.4 is 0 Å². The lowest BCUT2D eigenvalue weighted by Crippen LogP contribution is -2.36. The number of aromatic nitrogens is 1. The first-order valence-corrected chi connectivity index (χ1v) is 6.66. The van der Waals surface area contributed by atoms with Crippen LogP contribution in [0.4, 0.5) is 0 Å². The van der Waals surface area contributed by atoms with E-state index in [1.54, 1.807) is 7.05 Å². The topological polar surface area (TPSA) is 53.4 Å². The van der Waals surface area contributed by atoms with Crippen molar-refractivity contribution < 1.29 is 9.90 Å². The number of nitrogens with zero attached hydrogens (tertiary/aromatic N) is 2. The molecule has 106 valence electrons. The average molecular weight is 264 g/mol. The summed E-state index contributed by atoms with van der Waals surface area (Å²) in [5.41, 5.74) is 2.93. The molecular formula is C15H24N2O2. The Labute approximate surface area is 115 Å². The third-order valence-corrected chi connectivity index (χ3v) is 2.91. The van der Waals surface area contributed by atoms with E-state index in [2.05, 4.69) is 4.98 Å².